The van der Waals surface area contributed by atoms with Crippen molar-refractivity contribution in [1.82, 2.24) is 24.8 Å². The Bertz CT molecular complexity index is 1230. The second-order valence-corrected chi connectivity index (χ2v) is 8.02. The number of fused-ring (bicyclic) bond motifs is 3. The number of aliphatic hydroxyl groups excluding tert-OH is 1. The molecule has 0 bridgehead atoms. The number of nitrogens with one attached hydrogen (secondary N) is 1. The van der Waals surface area contributed by atoms with E-state index in [1.54, 1.807) is 18.0 Å². The second kappa shape index (κ2) is 8.57. The predicted molar refractivity (Wildman–Crippen MR) is 121 cm³/mol. The van der Waals surface area contributed by atoms with Crippen LogP contribution in [0.3, 0.4) is 0 Å². The summed E-state index contributed by atoms with van der Waals surface area (Å²) in [6.07, 6.45) is 3.32. The third kappa shape index (κ3) is 3.79. The van der Waals surface area contributed by atoms with Gasteiger partial charge in [-0.25, -0.2) is 4.98 Å². The van der Waals surface area contributed by atoms with Crippen LogP contribution in [0.4, 0.5) is 0 Å². The Kier molecular flexibility index (Phi) is 5.46. The number of aromatic nitrogens is 3. The number of carbonyl (C=O) groups is 1. The predicted octanol–water partition coefficient (Wildman–Crippen LogP) is 2.65. The molecule has 8 nitrogen and oxygen atoms in total. The Morgan fingerprint density at radius 2 is 1.84 bits per heavy atom. The van der Waals surface area contributed by atoms with E-state index in [-0.39, 0.29) is 5.91 Å². The Morgan fingerprint density at radius 1 is 1.06 bits per heavy atom. The molecule has 2 aromatic heterocycles. The second-order valence-electron chi connectivity index (χ2n) is 8.02. The van der Waals surface area contributed by atoms with Gasteiger partial charge in [0.1, 0.15) is 17.5 Å². The van der Waals surface area contributed by atoms with E-state index in [2.05, 4.69) is 25.9 Å². The van der Waals surface area contributed by atoms with Gasteiger partial charge in [0.2, 0.25) is 0 Å². The third-order valence-corrected chi connectivity index (χ3v) is 5.90. The number of piperazine rings is 1. The Labute approximate surface area is 185 Å². The van der Waals surface area contributed by atoms with Crippen LogP contribution in [-0.2, 0) is 0 Å². The average Bonchev–Trinajstić information content (AvgIpc) is 3.22. The quantitative estimate of drug-likeness (QED) is 0.505. The summed E-state index contributed by atoms with van der Waals surface area (Å²) < 4.78 is 6.41. The molecule has 164 valence electrons. The molecule has 1 fully saturated rings. The fourth-order valence-electron chi connectivity index (χ4n) is 4.33. The number of para-hydroxylation sites is 1. The summed E-state index contributed by atoms with van der Waals surface area (Å²) >= 11 is 0. The first-order valence-electron chi connectivity index (χ1n) is 10.8. The van der Waals surface area contributed by atoms with E-state index in [9.17, 15) is 9.90 Å². The first-order chi connectivity index (χ1) is 15.6. The minimum atomic E-state index is -0.710. The molecule has 0 saturated carbocycles. The number of hydrogen-bond acceptors (Lipinski definition) is 6. The monoisotopic (exact) mass is 431 g/mol. The number of H-pyrrole nitrogens is 1. The molecule has 8 heteroatoms. The van der Waals surface area contributed by atoms with Crippen LogP contribution in [0.15, 0.2) is 61.1 Å². The molecule has 1 aliphatic heterocycles. The zero-order valence-electron chi connectivity index (χ0n) is 17.8. The maximum absolute atomic E-state index is 12.7. The van der Waals surface area contributed by atoms with Gasteiger partial charge in [0.15, 0.2) is 6.23 Å². The number of rotatable bonds is 5. The summed E-state index contributed by atoms with van der Waals surface area (Å²) in [6, 6.07) is 14.0. The molecule has 2 aromatic carbocycles. The first kappa shape index (κ1) is 20.4. The highest BCUT2D eigenvalue weighted by atomic mass is 16.5. The van der Waals surface area contributed by atoms with Crippen molar-refractivity contribution in [3.05, 3.63) is 66.7 Å². The Hall–Kier alpha value is -3.49. The fraction of sp³-hybridized carbons (Fsp3) is 0.292. The van der Waals surface area contributed by atoms with Crippen LogP contribution < -0.4 is 4.74 Å². The summed E-state index contributed by atoms with van der Waals surface area (Å²) in [6.45, 7) is 3.96. The van der Waals surface area contributed by atoms with Gasteiger partial charge in [-0.2, -0.15) is 0 Å². The largest absolute Gasteiger partial charge is 0.472 e. The van der Waals surface area contributed by atoms with Crippen molar-refractivity contribution in [1.29, 1.82) is 0 Å². The lowest BCUT2D eigenvalue weighted by atomic mass is 10.1. The molecular formula is C24H25N5O3. The van der Waals surface area contributed by atoms with Crippen molar-refractivity contribution in [3.8, 4) is 5.75 Å². The molecule has 0 aliphatic carbocycles. The highest BCUT2D eigenvalue weighted by Crippen LogP contribution is 2.34. The molecule has 3 heterocycles. The number of nitrogens with zero attached hydrogens (tertiary/aromatic N) is 4. The number of carbonyl (C=O) groups excluding carboxylic acids is 1. The van der Waals surface area contributed by atoms with Gasteiger partial charge in [0.25, 0.3) is 5.91 Å². The minimum absolute atomic E-state index is 0.129. The van der Waals surface area contributed by atoms with Gasteiger partial charge in [0, 0.05) is 54.9 Å². The maximum Gasteiger partial charge on any atom is 0.274 e. The van der Waals surface area contributed by atoms with Crippen molar-refractivity contribution in [2.75, 3.05) is 26.2 Å². The van der Waals surface area contributed by atoms with Gasteiger partial charge >= 0.3 is 0 Å². The van der Waals surface area contributed by atoms with Crippen molar-refractivity contribution in [3.63, 3.8) is 0 Å². The normalized spacial score (nSPS) is 16.9. The molecule has 1 saturated heterocycles. The van der Waals surface area contributed by atoms with Gasteiger partial charge in [-0.05, 0) is 25.1 Å². The zero-order chi connectivity index (χ0) is 22.1. The molecule has 2 unspecified atom stereocenters. The molecule has 0 radical (unpaired) electrons. The van der Waals surface area contributed by atoms with Crippen LogP contribution in [0.5, 0.6) is 5.75 Å². The van der Waals surface area contributed by atoms with Crippen LogP contribution in [0.1, 0.15) is 17.4 Å². The van der Waals surface area contributed by atoms with Gasteiger partial charge in [0.05, 0.1) is 11.7 Å². The van der Waals surface area contributed by atoms with Crippen molar-refractivity contribution in [2.45, 2.75) is 19.3 Å². The lowest BCUT2D eigenvalue weighted by molar-refractivity contribution is -0.0709. The van der Waals surface area contributed by atoms with Crippen molar-refractivity contribution in [2.24, 2.45) is 0 Å². The van der Waals surface area contributed by atoms with Crippen molar-refractivity contribution >= 4 is 27.7 Å². The van der Waals surface area contributed by atoms with Crippen molar-refractivity contribution < 1.29 is 14.6 Å². The standard InChI is InChI=1S/C24H25N5O3/c1-16(30)24(29-13-11-28(12-14-29)23(31)20-15-25-9-10-26-20)32-21-8-4-7-19-22(21)17-5-2-3-6-18(17)27-19/h2-10,15-16,24,27,30H,11-14H2,1H3. The molecule has 0 spiro atoms. The molecule has 1 aliphatic rings. The number of amides is 1. The van der Waals surface area contributed by atoms with Crippen LogP contribution in [0, 0.1) is 0 Å². The highest BCUT2D eigenvalue weighted by Gasteiger charge is 2.31. The van der Waals surface area contributed by atoms with E-state index in [1.165, 1.54) is 12.4 Å². The summed E-state index contributed by atoms with van der Waals surface area (Å²) in [4.78, 5) is 28.0. The maximum atomic E-state index is 12.7. The molecule has 5 rings (SSSR count). The third-order valence-electron chi connectivity index (χ3n) is 5.90. The number of hydrogen-bond donors (Lipinski definition) is 2. The summed E-state index contributed by atoms with van der Waals surface area (Å²) in [7, 11) is 0. The number of ether oxygens (including phenoxy) is 1. The smallest absolute Gasteiger partial charge is 0.274 e. The van der Waals surface area contributed by atoms with E-state index in [0.29, 0.717) is 31.9 Å². The van der Waals surface area contributed by atoms with Crippen LogP contribution in [0.2, 0.25) is 0 Å². The summed E-state index contributed by atoms with van der Waals surface area (Å²) in [5.74, 6) is 0.597. The SMILES string of the molecule is CC(O)C(Oc1cccc2[nH]c3ccccc3c12)N1CCN(C(=O)c2cnccn2)CC1. The molecule has 1 amide bonds. The van der Waals surface area contributed by atoms with Gasteiger partial charge in [-0.15, -0.1) is 0 Å². The van der Waals surface area contributed by atoms with Crippen LogP contribution in [0.25, 0.3) is 21.8 Å². The van der Waals surface area contributed by atoms with E-state index in [0.717, 1.165) is 27.6 Å². The lowest BCUT2D eigenvalue weighted by Gasteiger charge is -2.40. The van der Waals surface area contributed by atoms with Crippen LogP contribution in [-0.4, -0.2) is 74.3 Å². The Morgan fingerprint density at radius 3 is 2.59 bits per heavy atom. The molecule has 2 N–H and O–H groups in total. The fourth-order valence-corrected chi connectivity index (χ4v) is 4.33. The minimum Gasteiger partial charge on any atom is -0.472 e. The lowest BCUT2D eigenvalue weighted by Crippen LogP contribution is -2.56. The van der Waals surface area contributed by atoms with E-state index < -0.39 is 12.3 Å². The number of aromatic amines is 1. The first-order valence-corrected chi connectivity index (χ1v) is 10.8. The van der Waals surface area contributed by atoms with Gasteiger partial charge < -0.3 is 19.7 Å². The van der Waals surface area contributed by atoms with E-state index in [1.807, 2.05) is 36.4 Å². The Balaban J connectivity index is 1.35. The van der Waals surface area contributed by atoms with E-state index >= 15 is 0 Å². The molecule has 4 aromatic rings. The van der Waals surface area contributed by atoms with Gasteiger partial charge in [-0.3, -0.25) is 14.7 Å². The summed E-state index contributed by atoms with van der Waals surface area (Å²) in [5.41, 5.74) is 2.38. The summed E-state index contributed by atoms with van der Waals surface area (Å²) in [5, 5.41) is 12.6. The zero-order valence-corrected chi connectivity index (χ0v) is 17.8. The highest BCUT2D eigenvalue weighted by molar-refractivity contribution is 6.10. The molecule has 2 atom stereocenters. The topological polar surface area (TPSA) is 94.6 Å². The molecular weight excluding hydrogens is 406 g/mol. The van der Waals surface area contributed by atoms with Gasteiger partial charge in [-0.1, -0.05) is 24.3 Å². The van der Waals surface area contributed by atoms with E-state index in [4.69, 9.17) is 4.74 Å². The number of aliphatic hydroxyl groups is 1. The van der Waals surface area contributed by atoms with Crippen LogP contribution >= 0.6 is 0 Å². The number of benzene rings is 2. The average molecular weight is 431 g/mol. The molecule has 32 heavy (non-hydrogen) atoms.